The van der Waals surface area contributed by atoms with Gasteiger partial charge in [-0.15, -0.1) is 0 Å². The molecule has 7 heteroatoms. The Morgan fingerprint density at radius 1 is 1.08 bits per heavy atom. The van der Waals surface area contributed by atoms with Crippen LogP contribution < -0.4 is 0 Å². The van der Waals surface area contributed by atoms with Gasteiger partial charge in [-0.2, -0.15) is 0 Å². The largest absolute Gasteiger partial charge is 0.464 e. The van der Waals surface area contributed by atoms with E-state index in [4.69, 9.17) is 4.74 Å². The Bertz CT molecular complexity index is 922. The Kier molecular flexibility index (Phi) is 4.82. The van der Waals surface area contributed by atoms with Crippen LogP contribution in [-0.2, 0) is 24.3 Å². The first kappa shape index (κ1) is 18.1. The van der Waals surface area contributed by atoms with Crippen LogP contribution in [0.2, 0.25) is 0 Å². The number of rotatable bonds is 5. The molecule has 136 valence electrons. The molecule has 26 heavy (non-hydrogen) atoms. The van der Waals surface area contributed by atoms with Crippen LogP contribution in [0, 0.1) is 6.92 Å². The predicted octanol–water partition coefficient (Wildman–Crippen LogP) is 2.24. The van der Waals surface area contributed by atoms with Gasteiger partial charge in [0.15, 0.2) is 6.04 Å². The average molecular weight is 373 g/mol. The normalized spacial score (nSPS) is 19.8. The van der Waals surface area contributed by atoms with Crippen LogP contribution >= 0.6 is 0 Å². The molecule has 1 amide bonds. The topological polar surface area (TPSA) is 80.8 Å². The molecular formula is C19H19NO5S. The summed E-state index contributed by atoms with van der Waals surface area (Å²) in [7, 11) is -4.14. The quantitative estimate of drug-likeness (QED) is 0.593. The molecule has 6 nitrogen and oxygen atoms in total. The maximum absolute atomic E-state index is 12.9. The van der Waals surface area contributed by atoms with Gasteiger partial charge in [0, 0.05) is 0 Å². The maximum atomic E-state index is 12.9. The lowest BCUT2D eigenvalue weighted by atomic mass is 9.84. The zero-order valence-corrected chi connectivity index (χ0v) is 15.3. The molecule has 1 unspecified atom stereocenters. The molecule has 1 saturated heterocycles. The van der Waals surface area contributed by atoms with Crippen molar-refractivity contribution in [2.24, 2.45) is 0 Å². The SMILES string of the molecule is CCOC(=O)[C@@H]1C(c2ccccc2)C(=O)N1S(=O)(=O)c1ccc(C)cc1. The Morgan fingerprint density at radius 3 is 2.27 bits per heavy atom. The van der Waals surface area contributed by atoms with Crippen LogP contribution in [0.25, 0.3) is 0 Å². The fraction of sp³-hybridized carbons (Fsp3) is 0.263. The Hall–Kier alpha value is -2.67. The first-order valence-corrected chi connectivity index (χ1v) is 9.68. The van der Waals surface area contributed by atoms with Crippen molar-refractivity contribution in [2.75, 3.05) is 6.61 Å². The van der Waals surface area contributed by atoms with Gasteiger partial charge in [-0.3, -0.25) is 4.79 Å². The zero-order valence-electron chi connectivity index (χ0n) is 14.5. The van der Waals surface area contributed by atoms with Crippen LogP contribution in [0.5, 0.6) is 0 Å². The first-order chi connectivity index (χ1) is 12.4. The van der Waals surface area contributed by atoms with Crippen LogP contribution in [0.4, 0.5) is 0 Å². The van der Waals surface area contributed by atoms with E-state index in [-0.39, 0.29) is 11.5 Å². The number of carbonyl (C=O) groups excluding carboxylic acids is 2. The highest BCUT2D eigenvalue weighted by molar-refractivity contribution is 7.89. The van der Waals surface area contributed by atoms with Crippen molar-refractivity contribution in [3.8, 4) is 0 Å². The van der Waals surface area contributed by atoms with E-state index < -0.39 is 33.9 Å². The molecule has 0 radical (unpaired) electrons. The summed E-state index contributed by atoms with van der Waals surface area (Å²) in [5, 5.41) is 0. The van der Waals surface area contributed by atoms with E-state index >= 15 is 0 Å². The van der Waals surface area contributed by atoms with Crippen LogP contribution in [0.15, 0.2) is 59.5 Å². The number of carbonyl (C=O) groups is 2. The molecule has 1 heterocycles. The fourth-order valence-electron chi connectivity index (χ4n) is 3.00. The van der Waals surface area contributed by atoms with Gasteiger partial charge in [0.2, 0.25) is 5.91 Å². The number of aryl methyl sites for hydroxylation is 1. The number of sulfonamides is 1. The molecule has 3 rings (SSSR count). The van der Waals surface area contributed by atoms with Gasteiger partial charge in [-0.25, -0.2) is 17.5 Å². The van der Waals surface area contributed by atoms with Crippen molar-refractivity contribution >= 4 is 21.9 Å². The van der Waals surface area contributed by atoms with Crippen molar-refractivity contribution in [1.82, 2.24) is 4.31 Å². The molecule has 2 aromatic carbocycles. The number of hydrogen-bond donors (Lipinski definition) is 0. The van der Waals surface area contributed by atoms with Crippen LogP contribution in [-0.4, -0.2) is 37.2 Å². The molecule has 0 spiro atoms. The molecule has 1 aliphatic heterocycles. The van der Waals surface area contributed by atoms with E-state index in [0.717, 1.165) is 5.56 Å². The van der Waals surface area contributed by atoms with Gasteiger partial charge < -0.3 is 4.74 Å². The summed E-state index contributed by atoms with van der Waals surface area (Å²) >= 11 is 0. The molecule has 1 fully saturated rings. The summed E-state index contributed by atoms with van der Waals surface area (Å²) in [5.74, 6) is -2.22. The number of benzene rings is 2. The summed E-state index contributed by atoms with van der Waals surface area (Å²) in [5.41, 5.74) is 1.48. The lowest BCUT2D eigenvalue weighted by Crippen LogP contribution is -2.64. The number of amides is 1. The summed E-state index contributed by atoms with van der Waals surface area (Å²) in [4.78, 5) is 25.1. The number of nitrogens with zero attached hydrogens (tertiary/aromatic N) is 1. The molecule has 2 atom stereocenters. The van der Waals surface area contributed by atoms with E-state index in [1.165, 1.54) is 12.1 Å². The van der Waals surface area contributed by atoms with Gasteiger partial charge in [-0.05, 0) is 31.5 Å². The number of esters is 1. The Balaban J connectivity index is 2.01. The highest BCUT2D eigenvalue weighted by Crippen LogP contribution is 2.40. The minimum Gasteiger partial charge on any atom is -0.464 e. The van der Waals surface area contributed by atoms with E-state index in [9.17, 15) is 18.0 Å². The molecule has 0 saturated carbocycles. The molecular weight excluding hydrogens is 354 g/mol. The van der Waals surface area contributed by atoms with Crippen molar-refractivity contribution in [3.05, 3.63) is 65.7 Å². The summed E-state index contributed by atoms with van der Waals surface area (Å²) in [6, 6.07) is 13.6. The third-order valence-electron chi connectivity index (χ3n) is 4.32. The molecule has 0 aliphatic carbocycles. The minimum atomic E-state index is -4.14. The monoisotopic (exact) mass is 373 g/mol. The Labute approximate surface area is 152 Å². The fourth-order valence-corrected chi connectivity index (χ4v) is 4.56. The van der Waals surface area contributed by atoms with Gasteiger partial charge >= 0.3 is 5.97 Å². The second-order valence-electron chi connectivity index (χ2n) is 6.04. The first-order valence-electron chi connectivity index (χ1n) is 8.24. The second kappa shape index (κ2) is 6.92. The van der Waals surface area contributed by atoms with Gasteiger partial charge in [0.25, 0.3) is 10.0 Å². The third-order valence-corrected chi connectivity index (χ3v) is 6.11. The second-order valence-corrected chi connectivity index (χ2v) is 7.85. The van der Waals surface area contributed by atoms with Crippen molar-refractivity contribution in [3.63, 3.8) is 0 Å². The Morgan fingerprint density at radius 2 is 1.69 bits per heavy atom. The maximum Gasteiger partial charge on any atom is 0.331 e. The average Bonchev–Trinajstić information content (AvgIpc) is 2.60. The van der Waals surface area contributed by atoms with Gasteiger partial charge in [0.1, 0.15) is 0 Å². The molecule has 0 bridgehead atoms. The summed E-state index contributed by atoms with van der Waals surface area (Å²) < 4.78 is 31.5. The van der Waals surface area contributed by atoms with E-state index in [1.54, 1.807) is 49.4 Å². The minimum absolute atomic E-state index is 0.0303. The summed E-state index contributed by atoms with van der Waals surface area (Å²) in [6.07, 6.45) is 0. The number of ether oxygens (including phenoxy) is 1. The van der Waals surface area contributed by atoms with Crippen molar-refractivity contribution < 1.29 is 22.7 Å². The van der Waals surface area contributed by atoms with E-state index in [0.29, 0.717) is 9.87 Å². The van der Waals surface area contributed by atoms with Gasteiger partial charge in [-0.1, -0.05) is 48.0 Å². The standard InChI is InChI=1S/C19H19NO5S/c1-3-25-19(22)17-16(14-7-5-4-6-8-14)18(21)20(17)26(23,24)15-11-9-13(2)10-12-15/h4-12,16-17H,3H2,1-2H3/t16?,17-/m0/s1. The van der Waals surface area contributed by atoms with E-state index in [1.807, 2.05) is 6.92 Å². The molecule has 0 aromatic heterocycles. The van der Waals surface area contributed by atoms with Crippen molar-refractivity contribution in [2.45, 2.75) is 30.7 Å². The van der Waals surface area contributed by atoms with Crippen molar-refractivity contribution in [1.29, 1.82) is 0 Å². The number of hydrogen-bond acceptors (Lipinski definition) is 5. The molecule has 1 aliphatic rings. The number of β-lactam (4-membered cyclic amide) rings is 1. The highest BCUT2D eigenvalue weighted by atomic mass is 32.2. The smallest absolute Gasteiger partial charge is 0.331 e. The highest BCUT2D eigenvalue weighted by Gasteiger charge is 2.58. The lowest BCUT2D eigenvalue weighted by molar-refractivity contribution is -0.162. The van der Waals surface area contributed by atoms with Crippen LogP contribution in [0.1, 0.15) is 24.0 Å². The molecule has 0 N–H and O–H groups in total. The van der Waals surface area contributed by atoms with Crippen LogP contribution in [0.3, 0.4) is 0 Å². The zero-order chi connectivity index (χ0) is 18.9. The summed E-state index contributed by atoms with van der Waals surface area (Å²) in [6.45, 7) is 3.57. The third kappa shape index (κ3) is 2.99. The molecule has 2 aromatic rings. The predicted molar refractivity (Wildman–Crippen MR) is 94.8 cm³/mol. The van der Waals surface area contributed by atoms with E-state index in [2.05, 4.69) is 0 Å². The lowest BCUT2D eigenvalue weighted by Gasteiger charge is -2.44. The van der Waals surface area contributed by atoms with Gasteiger partial charge in [0.05, 0.1) is 17.4 Å².